The molecule has 1 atom stereocenters. The Morgan fingerprint density at radius 3 is 2.44 bits per heavy atom. The van der Waals surface area contributed by atoms with E-state index >= 15 is 0 Å². The maximum atomic E-state index is 14.4. The molecule has 3 aromatic carbocycles. The molecule has 41 heavy (non-hydrogen) atoms. The number of hydrogen-bond acceptors (Lipinski definition) is 8. The van der Waals surface area contributed by atoms with Crippen molar-refractivity contribution in [3.8, 4) is 16.6 Å². The third kappa shape index (κ3) is 6.36. The minimum Gasteiger partial charge on any atom is -0.478 e. The number of aromatic carboxylic acids is 1. The SMILES string of the molecule is Cc1cc(Oc2cnc(NC(=O)C(Oc3ccc(F)cc3F)c3ccc(S(=O)(=O)C4CC4)cc3)s2)ccc1C(=O)O. The van der Waals surface area contributed by atoms with Crippen LogP contribution in [-0.4, -0.2) is 35.6 Å². The lowest BCUT2D eigenvalue weighted by Gasteiger charge is -2.19. The smallest absolute Gasteiger partial charge is 0.335 e. The summed E-state index contributed by atoms with van der Waals surface area (Å²) in [5.41, 5.74) is 0.858. The molecule has 1 unspecified atom stereocenters. The van der Waals surface area contributed by atoms with E-state index in [2.05, 4.69) is 10.3 Å². The number of benzene rings is 3. The molecule has 1 aromatic heterocycles. The van der Waals surface area contributed by atoms with Crippen molar-refractivity contribution in [3.05, 3.63) is 95.2 Å². The van der Waals surface area contributed by atoms with Gasteiger partial charge in [0.25, 0.3) is 5.91 Å². The van der Waals surface area contributed by atoms with E-state index in [0.29, 0.717) is 35.3 Å². The van der Waals surface area contributed by atoms with Crippen LogP contribution < -0.4 is 14.8 Å². The van der Waals surface area contributed by atoms with Crippen LogP contribution in [0.25, 0.3) is 0 Å². The van der Waals surface area contributed by atoms with Crippen molar-refractivity contribution in [1.29, 1.82) is 0 Å². The number of ether oxygens (including phenoxy) is 2. The standard InChI is InChI=1S/C28H22F2N2O7S2/c1-15-12-18(5-10-21(15)27(34)35)38-24-14-31-28(40-24)32-26(33)25(39-23-11-4-17(29)13-22(23)30)16-2-6-19(7-3-16)41(36,37)20-8-9-20/h2-7,10-14,20,25H,8-9H2,1H3,(H,34,35)(H,31,32,33). The number of aromatic nitrogens is 1. The number of carboxylic acid groups (broad SMARTS) is 1. The second-order valence-corrected chi connectivity index (χ2v) is 12.5. The van der Waals surface area contributed by atoms with Gasteiger partial charge in [-0.05, 0) is 67.8 Å². The van der Waals surface area contributed by atoms with Gasteiger partial charge in [0.05, 0.1) is 21.9 Å². The summed E-state index contributed by atoms with van der Waals surface area (Å²) >= 11 is 0.972. The molecule has 212 valence electrons. The Hall–Kier alpha value is -4.36. The third-order valence-electron chi connectivity index (χ3n) is 6.21. The summed E-state index contributed by atoms with van der Waals surface area (Å²) < 4.78 is 64.4. The molecule has 0 bridgehead atoms. The van der Waals surface area contributed by atoms with Crippen molar-refractivity contribution >= 4 is 38.2 Å². The van der Waals surface area contributed by atoms with Crippen molar-refractivity contribution in [2.24, 2.45) is 0 Å². The molecule has 13 heteroatoms. The molecule has 1 saturated carbocycles. The van der Waals surface area contributed by atoms with E-state index in [4.69, 9.17) is 9.47 Å². The fraction of sp³-hybridized carbons (Fsp3) is 0.179. The van der Waals surface area contributed by atoms with E-state index < -0.39 is 44.7 Å². The number of carbonyl (C=O) groups excluding carboxylic acids is 1. The zero-order valence-electron chi connectivity index (χ0n) is 21.3. The lowest BCUT2D eigenvalue weighted by Crippen LogP contribution is -2.26. The maximum absolute atomic E-state index is 14.4. The normalized spacial score (nSPS) is 13.8. The minimum absolute atomic E-state index is 0.101. The van der Waals surface area contributed by atoms with E-state index in [1.54, 1.807) is 13.0 Å². The van der Waals surface area contributed by atoms with Crippen LogP contribution in [0.15, 0.2) is 71.8 Å². The van der Waals surface area contributed by atoms with Gasteiger partial charge in [-0.2, -0.15) is 0 Å². The number of aryl methyl sites for hydroxylation is 1. The number of carboxylic acids is 1. The van der Waals surface area contributed by atoms with Crippen molar-refractivity contribution in [1.82, 2.24) is 4.98 Å². The summed E-state index contributed by atoms with van der Waals surface area (Å²) in [6.07, 6.45) is 1.09. The number of thiazole rings is 1. The van der Waals surface area contributed by atoms with Crippen LogP contribution in [0, 0.1) is 18.6 Å². The maximum Gasteiger partial charge on any atom is 0.335 e. The van der Waals surface area contributed by atoms with E-state index in [-0.39, 0.29) is 26.9 Å². The largest absolute Gasteiger partial charge is 0.478 e. The molecule has 1 heterocycles. The number of anilines is 1. The monoisotopic (exact) mass is 600 g/mol. The quantitative estimate of drug-likeness (QED) is 0.230. The van der Waals surface area contributed by atoms with E-state index in [1.807, 2.05) is 0 Å². The molecule has 4 aromatic rings. The lowest BCUT2D eigenvalue weighted by molar-refractivity contribution is -0.123. The van der Waals surface area contributed by atoms with E-state index in [1.165, 1.54) is 42.6 Å². The Balaban J connectivity index is 1.36. The van der Waals surface area contributed by atoms with Gasteiger partial charge in [-0.1, -0.05) is 23.5 Å². The van der Waals surface area contributed by atoms with Gasteiger partial charge in [-0.3, -0.25) is 10.1 Å². The molecule has 1 fully saturated rings. The van der Waals surface area contributed by atoms with Crippen LogP contribution in [0.5, 0.6) is 16.6 Å². The fourth-order valence-corrected chi connectivity index (χ4v) is 6.31. The Bertz CT molecular complexity index is 1740. The third-order valence-corrected chi connectivity index (χ3v) is 9.28. The van der Waals surface area contributed by atoms with Crippen molar-refractivity contribution < 1.29 is 41.4 Å². The van der Waals surface area contributed by atoms with Crippen molar-refractivity contribution in [3.63, 3.8) is 0 Å². The van der Waals surface area contributed by atoms with Crippen molar-refractivity contribution in [2.75, 3.05) is 5.32 Å². The molecule has 0 saturated heterocycles. The Morgan fingerprint density at radius 2 is 1.80 bits per heavy atom. The summed E-state index contributed by atoms with van der Waals surface area (Å²) in [5.74, 6) is -3.69. The Morgan fingerprint density at radius 1 is 1.07 bits per heavy atom. The highest BCUT2D eigenvalue weighted by molar-refractivity contribution is 7.92. The number of sulfone groups is 1. The average Bonchev–Trinajstić information content (AvgIpc) is 3.70. The van der Waals surface area contributed by atoms with Crippen LogP contribution in [0.2, 0.25) is 0 Å². The van der Waals surface area contributed by atoms with Crippen LogP contribution in [0.4, 0.5) is 13.9 Å². The predicted octanol–water partition coefficient (Wildman–Crippen LogP) is 5.92. The highest BCUT2D eigenvalue weighted by Gasteiger charge is 2.37. The first-order valence-corrected chi connectivity index (χ1v) is 14.6. The van der Waals surface area contributed by atoms with Gasteiger partial charge in [0.2, 0.25) is 11.2 Å². The summed E-state index contributed by atoms with van der Waals surface area (Å²) in [6, 6.07) is 12.6. The van der Waals surface area contributed by atoms with Gasteiger partial charge in [0.15, 0.2) is 26.5 Å². The zero-order chi connectivity index (χ0) is 29.3. The summed E-state index contributed by atoms with van der Waals surface area (Å²) in [6.45, 7) is 1.63. The second-order valence-electron chi connectivity index (χ2n) is 9.24. The molecule has 0 aliphatic heterocycles. The molecule has 1 aliphatic carbocycles. The first kappa shape index (κ1) is 28.2. The molecule has 0 spiro atoms. The number of nitrogens with zero attached hydrogens (tertiary/aromatic N) is 1. The van der Waals surface area contributed by atoms with Gasteiger partial charge < -0.3 is 14.6 Å². The summed E-state index contributed by atoms with van der Waals surface area (Å²) in [7, 11) is -3.47. The molecule has 2 N–H and O–H groups in total. The highest BCUT2D eigenvalue weighted by atomic mass is 32.2. The van der Waals surface area contributed by atoms with Crippen LogP contribution in [0.1, 0.15) is 40.4 Å². The average molecular weight is 601 g/mol. The number of halogens is 2. The van der Waals surface area contributed by atoms with Crippen LogP contribution in [0.3, 0.4) is 0 Å². The van der Waals surface area contributed by atoms with Gasteiger partial charge in [0.1, 0.15) is 11.6 Å². The van der Waals surface area contributed by atoms with Gasteiger partial charge in [0, 0.05) is 11.6 Å². The molecule has 1 aliphatic rings. The number of rotatable bonds is 10. The first-order valence-electron chi connectivity index (χ1n) is 12.3. The zero-order valence-corrected chi connectivity index (χ0v) is 23.0. The van der Waals surface area contributed by atoms with Gasteiger partial charge in [-0.25, -0.2) is 27.0 Å². The second kappa shape index (κ2) is 11.3. The minimum atomic E-state index is -3.47. The number of hydrogen-bond donors (Lipinski definition) is 2. The lowest BCUT2D eigenvalue weighted by atomic mass is 10.1. The molecular weight excluding hydrogens is 578 g/mol. The fourth-order valence-electron chi connectivity index (χ4n) is 3.96. The van der Waals surface area contributed by atoms with E-state index in [0.717, 1.165) is 23.5 Å². The van der Waals surface area contributed by atoms with Crippen LogP contribution in [-0.2, 0) is 14.6 Å². The molecule has 1 amide bonds. The molecule has 9 nitrogen and oxygen atoms in total. The molecule has 0 radical (unpaired) electrons. The Labute approximate surface area is 237 Å². The van der Waals surface area contributed by atoms with Gasteiger partial charge in [-0.15, -0.1) is 0 Å². The van der Waals surface area contributed by atoms with E-state index in [9.17, 15) is 31.9 Å². The number of amides is 1. The van der Waals surface area contributed by atoms with Crippen LogP contribution >= 0.6 is 11.3 Å². The number of nitrogens with one attached hydrogen (secondary N) is 1. The highest BCUT2D eigenvalue weighted by Crippen LogP contribution is 2.35. The Kier molecular flexibility index (Phi) is 7.74. The van der Waals surface area contributed by atoms with Crippen molar-refractivity contribution in [2.45, 2.75) is 36.0 Å². The number of carbonyl (C=O) groups is 2. The first-order chi connectivity index (χ1) is 19.5. The van der Waals surface area contributed by atoms with Gasteiger partial charge >= 0.3 is 5.97 Å². The summed E-state index contributed by atoms with van der Waals surface area (Å²) in [4.78, 5) is 28.8. The topological polar surface area (TPSA) is 132 Å². The molecule has 5 rings (SSSR count). The molecular formula is C28H22F2N2O7S2. The summed E-state index contributed by atoms with van der Waals surface area (Å²) in [5, 5.41) is 11.8. The predicted molar refractivity (Wildman–Crippen MR) is 145 cm³/mol.